The van der Waals surface area contributed by atoms with Crippen LogP contribution in [0.15, 0.2) is 33.6 Å². The van der Waals surface area contributed by atoms with E-state index in [1.165, 1.54) is 68.6 Å². The van der Waals surface area contributed by atoms with Crippen LogP contribution in [-0.2, 0) is 22.6 Å². The quantitative estimate of drug-likeness (QED) is 0.251. The Morgan fingerprint density at radius 1 is 1.08 bits per heavy atom. The van der Waals surface area contributed by atoms with E-state index in [9.17, 15) is 14.7 Å². The van der Waals surface area contributed by atoms with Crippen molar-refractivity contribution in [3.63, 3.8) is 0 Å². The summed E-state index contributed by atoms with van der Waals surface area (Å²) in [5.74, 6) is 5.07. The van der Waals surface area contributed by atoms with Crippen molar-refractivity contribution in [2.24, 2.45) is 46.3 Å². The highest BCUT2D eigenvalue weighted by molar-refractivity contribution is 5.25. The van der Waals surface area contributed by atoms with Crippen LogP contribution in [0.1, 0.15) is 129 Å². The average Bonchev–Trinajstić information content (AvgIpc) is 3.78. The summed E-state index contributed by atoms with van der Waals surface area (Å²) in [6.45, 7) is 14.9. The van der Waals surface area contributed by atoms with Crippen LogP contribution in [-0.4, -0.2) is 48.0 Å². The molecule has 11 unspecified atom stereocenters. The maximum absolute atomic E-state index is 12.3. The Balaban J connectivity index is 0.922. The zero-order valence-corrected chi connectivity index (χ0v) is 31.3. The average molecular weight is 692 g/mol. The van der Waals surface area contributed by atoms with E-state index in [0.717, 1.165) is 54.0 Å². The minimum atomic E-state index is -0.779. The molecule has 11 atom stereocenters. The van der Waals surface area contributed by atoms with Crippen molar-refractivity contribution >= 4 is 0 Å². The smallest absolute Gasteiger partial charge is 0.330 e. The van der Waals surface area contributed by atoms with E-state index in [1.54, 1.807) is 17.2 Å². The second-order valence-corrected chi connectivity index (χ2v) is 17.8. The maximum Gasteiger partial charge on any atom is 0.330 e. The van der Waals surface area contributed by atoms with Crippen molar-refractivity contribution in [1.82, 2.24) is 24.5 Å². The Hall–Kier alpha value is -2.56. The number of fused-ring (bicyclic) bond motifs is 5. The van der Waals surface area contributed by atoms with Gasteiger partial charge in [-0.3, -0.25) is 14.3 Å². The van der Waals surface area contributed by atoms with Gasteiger partial charge in [-0.15, -0.1) is 5.10 Å². The second kappa shape index (κ2) is 14.1. The highest BCUT2D eigenvalue weighted by Crippen LogP contribution is 2.67. The van der Waals surface area contributed by atoms with E-state index < -0.39 is 29.7 Å². The Labute approximate surface area is 297 Å². The van der Waals surface area contributed by atoms with Crippen LogP contribution < -0.4 is 11.2 Å². The van der Waals surface area contributed by atoms with Gasteiger partial charge in [0, 0.05) is 18.2 Å². The molecule has 0 bridgehead atoms. The number of allylic oxidation sites excluding steroid dienone is 1. The van der Waals surface area contributed by atoms with Crippen LogP contribution in [0.4, 0.5) is 0 Å². The molecule has 0 amide bonds. The zero-order valence-electron chi connectivity index (χ0n) is 31.3. The number of nitrogens with one attached hydrogen (secondary N) is 1. The molecular formula is C40H61N5O5. The van der Waals surface area contributed by atoms with Gasteiger partial charge in [-0.25, -0.2) is 9.48 Å². The van der Waals surface area contributed by atoms with Gasteiger partial charge in [-0.2, -0.15) is 0 Å². The normalized spacial score (nSPS) is 37.3. The fourth-order valence-electron chi connectivity index (χ4n) is 11.5. The standard InChI is InChI=1S/C40H61N5O5/c1-24(2)8-7-9-25(3)31-12-13-32-30-11-10-27-18-29(14-16-39(27,5)33(30)15-17-40(31,32)6)49-23-28-21-44(43-42-28)22-35-34(46)19-36(50-35)45-20-26(4)37(47)41-38(45)48/h10,20-21,24-25,29-36,46H,7-9,11-19,22-23H2,1-6H3,(H,41,47,48). The zero-order chi connectivity index (χ0) is 35.4. The van der Waals surface area contributed by atoms with Gasteiger partial charge in [0.25, 0.3) is 5.56 Å². The summed E-state index contributed by atoms with van der Waals surface area (Å²) in [5, 5.41) is 19.3. The lowest BCUT2D eigenvalue weighted by Gasteiger charge is -2.58. The van der Waals surface area contributed by atoms with Crippen LogP contribution in [0, 0.1) is 53.3 Å². The molecule has 7 rings (SSSR count). The number of hydrogen-bond donors (Lipinski definition) is 2. The predicted octanol–water partition coefficient (Wildman–Crippen LogP) is 6.71. The van der Waals surface area contributed by atoms with Crippen molar-refractivity contribution in [3.05, 3.63) is 56.1 Å². The number of hydrogen-bond acceptors (Lipinski definition) is 7. The van der Waals surface area contributed by atoms with Gasteiger partial charge in [-0.05, 0) is 105 Å². The molecule has 1 aliphatic heterocycles. The fourth-order valence-corrected chi connectivity index (χ4v) is 11.5. The van der Waals surface area contributed by atoms with Gasteiger partial charge in [-0.1, -0.05) is 70.7 Å². The lowest BCUT2D eigenvalue weighted by atomic mass is 9.47. The van der Waals surface area contributed by atoms with Crippen LogP contribution in [0.25, 0.3) is 0 Å². The van der Waals surface area contributed by atoms with E-state index in [0.29, 0.717) is 29.5 Å². The number of H-pyrrole nitrogens is 1. The predicted molar refractivity (Wildman–Crippen MR) is 192 cm³/mol. The molecule has 0 aromatic carbocycles. The third-order valence-electron chi connectivity index (χ3n) is 14.3. The van der Waals surface area contributed by atoms with Crippen LogP contribution >= 0.6 is 0 Å². The Morgan fingerprint density at radius 3 is 2.70 bits per heavy atom. The van der Waals surface area contributed by atoms with Crippen LogP contribution in [0.2, 0.25) is 0 Å². The molecule has 3 heterocycles. The summed E-state index contributed by atoms with van der Waals surface area (Å²) in [6, 6.07) is 0. The molecule has 10 nitrogen and oxygen atoms in total. The van der Waals surface area contributed by atoms with E-state index >= 15 is 0 Å². The molecular weight excluding hydrogens is 630 g/mol. The molecule has 2 aromatic rings. The largest absolute Gasteiger partial charge is 0.390 e. The molecule has 50 heavy (non-hydrogen) atoms. The summed E-state index contributed by atoms with van der Waals surface area (Å²) in [5.41, 5.74) is 2.65. The van der Waals surface area contributed by atoms with Gasteiger partial charge in [0.2, 0.25) is 0 Å². The number of ether oxygens (including phenoxy) is 2. The molecule has 5 aliphatic rings. The van der Waals surface area contributed by atoms with Crippen molar-refractivity contribution in [1.29, 1.82) is 0 Å². The van der Waals surface area contributed by atoms with Gasteiger partial charge in [0.05, 0.1) is 31.6 Å². The van der Waals surface area contributed by atoms with Crippen LogP contribution in [0.5, 0.6) is 0 Å². The number of aryl methyl sites for hydroxylation is 1. The lowest BCUT2D eigenvalue weighted by Crippen LogP contribution is -2.51. The summed E-state index contributed by atoms with van der Waals surface area (Å²) in [7, 11) is 0. The lowest BCUT2D eigenvalue weighted by molar-refractivity contribution is -0.0658. The molecule has 276 valence electrons. The van der Waals surface area contributed by atoms with Gasteiger partial charge < -0.3 is 14.6 Å². The van der Waals surface area contributed by atoms with Crippen molar-refractivity contribution in [3.8, 4) is 0 Å². The van der Waals surface area contributed by atoms with Gasteiger partial charge in [0.15, 0.2) is 0 Å². The molecule has 10 heteroatoms. The Morgan fingerprint density at radius 2 is 1.90 bits per heavy atom. The van der Waals surface area contributed by atoms with Crippen molar-refractivity contribution in [2.45, 2.75) is 156 Å². The number of rotatable bonds is 11. The molecule has 4 aliphatic carbocycles. The first kappa shape index (κ1) is 35.8. The van der Waals surface area contributed by atoms with E-state index in [4.69, 9.17) is 9.47 Å². The number of aromatic nitrogens is 5. The first-order chi connectivity index (χ1) is 23.9. The van der Waals surface area contributed by atoms with E-state index in [1.807, 2.05) is 6.20 Å². The van der Waals surface area contributed by atoms with Crippen LogP contribution in [0.3, 0.4) is 0 Å². The topological polar surface area (TPSA) is 124 Å². The van der Waals surface area contributed by atoms with E-state index in [2.05, 4.69) is 56.0 Å². The summed E-state index contributed by atoms with van der Waals surface area (Å²) >= 11 is 0. The molecule has 1 saturated heterocycles. The molecule has 0 spiro atoms. The number of nitrogens with zero attached hydrogens (tertiary/aromatic N) is 4. The summed E-state index contributed by atoms with van der Waals surface area (Å²) in [4.78, 5) is 26.4. The van der Waals surface area contributed by atoms with E-state index in [-0.39, 0.29) is 12.5 Å². The third kappa shape index (κ3) is 6.73. The monoisotopic (exact) mass is 691 g/mol. The maximum atomic E-state index is 12.3. The first-order valence-electron chi connectivity index (χ1n) is 19.7. The molecule has 4 fully saturated rings. The fraction of sp³-hybridized carbons (Fsp3) is 0.800. The number of aliphatic hydroxyl groups is 1. The molecule has 0 radical (unpaired) electrons. The molecule has 3 saturated carbocycles. The van der Waals surface area contributed by atoms with Gasteiger partial charge in [0.1, 0.15) is 18.0 Å². The Bertz CT molecular complexity index is 1660. The Kier molecular flexibility index (Phi) is 10.1. The highest BCUT2D eigenvalue weighted by atomic mass is 16.5. The molecule has 2 aromatic heterocycles. The number of aliphatic hydroxyl groups excluding tert-OH is 1. The van der Waals surface area contributed by atoms with Crippen molar-refractivity contribution < 1.29 is 14.6 Å². The third-order valence-corrected chi connectivity index (χ3v) is 14.3. The number of aromatic amines is 1. The first-order valence-corrected chi connectivity index (χ1v) is 19.7. The minimum absolute atomic E-state index is 0.187. The summed E-state index contributed by atoms with van der Waals surface area (Å²) < 4.78 is 15.5. The minimum Gasteiger partial charge on any atom is -0.390 e. The molecule has 2 N–H and O–H groups in total. The summed E-state index contributed by atoms with van der Waals surface area (Å²) in [6.07, 6.45) is 18.8. The highest BCUT2D eigenvalue weighted by Gasteiger charge is 2.59. The van der Waals surface area contributed by atoms with Crippen molar-refractivity contribution in [2.75, 3.05) is 0 Å². The SMILES string of the molecule is Cc1cn(C2CC(O)C(Cn3cc(COC4CCC5(C)C(=CCC6C5CCC5(C)C(C(C)CCCC(C)C)CCC65)C4)nn3)O2)c(=O)[nH]c1=O. The van der Waals surface area contributed by atoms with Gasteiger partial charge >= 0.3 is 5.69 Å². The second-order valence-electron chi connectivity index (χ2n) is 17.8.